The third-order valence-corrected chi connectivity index (χ3v) is 4.99. The fourth-order valence-corrected chi connectivity index (χ4v) is 3.60. The molecule has 2 N–H and O–H groups in total. The van der Waals surface area contributed by atoms with Gasteiger partial charge in [0.15, 0.2) is 0 Å². The minimum Gasteiger partial charge on any atom is -0.480 e. The topological polar surface area (TPSA) is 105 Å². The van der Waals surface area contributed by atoms with Gasteiger partial charge in [-0.1, -0.05) is 24.4 Å². The van der Waals surface area contributed by atoms with Crippen molar-refractivity contribution < 1.29 is 19.2 Å². The molecule has 7 nitrogen and oxygen atoms in total. The predicted molar refractivity (Wildman–Crippen MR) is 87.5 cm³/mol. The highest BCUT2D eigenvalue weighted by Gasteiger charge is 2.40. The molecular weight excluding hydrogens is 330 g/mol. The summed E-state index contributed by atoms with van der Waals surface area (Å²) in [7, 11) is 0. The molecule has 128 valence electrons. The number of aromatic nitrogens is 2. The van der Waals surface area contributed by atoms with Gasteiger partial charge in [0.25, 0.3) is 0 Å². The minimum absolute atomic E-state index is 0.125. The Bertz CT molecular complexity index is 705. The number of amides is 1. The Kier molecular flexibility index (Phi) is 4.94. The Balaban J connectivity index is 1.56. The SMILES string of the molecule is O=C(CCc1nc(-c2ccsc2)no1)NC1(C(=O)O)CCCCC1. The van der Waals surface area contributed by atoms with E-state index in [2.05, 4.69) is 15.5 Å². The molecule has 2 aromatic heterocycles. The van der Waals surface area contributed by atoms with Crippen LogP contribution in [0.25, 0.3) is 11.4 Å². The molecule has 0 aliphatic heterocycles. The third-order valence-electron chi connectivity index (χ3n) is 4.31. The van der Waals surface area contributed by atoms with Crippen LogP contribution in [0.5, 0.6) is 0 Å². The first-order valence-corrected chi connectivity index (χ1v) is 8.93. The maximum Gasteiger partial charge on any atom is 0.329 e. The summed E-state index contributed by atoms with van der Waals surface area (Å²) >= 11 is 1.54. The standard InChI is InChI=1S/C16H19N3O4S/c20-12(18-16(15(21)22)7-2-1-3-8-16)4-5-13-17-14(19-23-13)11-6-9-24-10-11/h6,9-10H,1-5,7-8H2,(H,18,20)(H,21,22). The van der Waals surface area contributed by atoms with E-state index >= 15 is 0 Å². The number of aryl methyl sites for hydroxylation is 1. The normalized spacial score (nSPS) is 16.7. The van der Waals surface area contributed by atoms with Crippen molar-refractivity contribution in [3.05, 3.63) is 22.7 Å². The van der Waals surface area contributed by atoms with E-state index in [1.807, 2.05) is 16.8 Å². The van der Waals surface area contributed by atoms with Crippen LogP contribution < -0.4 is 5.32 Å². The van der Waals surface area contributed by atoms with Gasteiger partial charge in [0.2, 0.25) is 17.6 Å². The molecule has 0 aromatic carbocycles. The Morgan fingerprint density at radius 2 is 2.12 bits per heavy atom. The monoisotopic (exact) mass is 349 g/mol. The Labute approximate surface area is 143 Å². The summed E-state index contributed by atoms with van der Waals surface area (Å²) in [6, 6.07) is 1.89. The lowest BCUT2D eigenvalue weighted by atomic mass is 9.81. The van der Waals surface area contributed by atoms with Crippen LogP contribution >= 0.6 is 11.3 Å². The lowest BCUT2D eigenvalue weighted by Crippen LogP contribution is -2.55. The van der Waals surface area contributed by atoms with Crippen molar-refractivity contribution in [3.63, 3.8) is 0 Å². The van der Waals surface area contributed by atoms with E-state index in [1.165, 1.54) is 0 Å². The lowest BCUT2D eigenvalue weighted by molar-refractivity contribution is -0.149. The summed E-state index contributed by atoms with van der Waals surface area (Å²) in [5, 5.41) is 19.9. The molecule has 2 aromatic rings. The zero-order chi connectivity index (χ0) is 17.0. The second kappa shape index (κ2) is 7.12. The summed E-state index contributed by atoms with van der Waals surface area (Å²) in [4.78, 5) is 28.0. The third kappa shape index (κ3) is 3.64. The number of carbonyl (C=O) groups excluding carboxylic acids is 1. The first-order valence-electron chi connectivity index (χ1n) is 7.99. The number of aliphatic carboxylic acids is 1. The van der Waals surface area contributed by atoms with Crippen molar-refractivity contribution in [2.24, 2.45) is 0 Å². The van der Waals surface area contributed by atoms with Crippen LogP contribution in [-0.4, -0.2) is 32.7 Å². The molecule has 1 saturated carbocycles. The van der Waals surface area contributed by atoms with E-state index in [0.29, 0.717) is 31.0 Å². The summed E-state index contributed by atoms with van der Waals surface area (Å²) in [5.74, 6) is -0.372. The molecule has 1 amide bonds. The van der Waals surface area contributed by atoms with Gasteiger partial charge in [0.1, 0.15) is 5.54 Å². The largest absolute Gasteiger partial charge is 0.480 e. The van der Waals surface area contributed by atoms with Crippen LogP contribution in [0.2, 0.25) is 0 Å². The number of nitrogens with zero attached hydrogens (tertiary/aromatic N) is 2. The number of carboxylic acids is 1. The fourth-order valence-electron chi connectivity index (χ4n) is 2.96. The highest BCUT2D eigenvalue weighted by atomic mass is 32.1. The molecular formula is C16H19N3O4S. The van der Waals surface area contributed by atoms with Crippen LogP contribution in [0.1, 0.15) is 44.4 Å². The maximum atomic E-state index is 12.2. The zero-order valence-electron chi connectivity index (χ0n) is 13.2. The van der Waals surface area contributed by atoms with Gasteiger partial charge in [0, 0.05) is 23.8 Å². The van der Waals surface area contributed by atoms with Gasteiger partial charge in [0.05, 0.1) is 0 Å². The van der Waals surface area contributed by atoms with Crippen molar-refractivity contribution >= 4 is 23.2 Å². The van der Waals surface area contributed by atoms with Crippen LogP contribution in [-0.2, 0) is 16.0 Å². The molecule has 0 atom stereocenters. The maximum absolute atomic E-state index is 12.2. The van der Waals surface area contributed by atoms with E-state index in [9.17, 15) is 14.7 Å². The molecule has 1 aliphatic carbocycles. The van der Waals surface area contributed by atoms with Crippen LogP contribution in [0.15, 0.2) is 21.3 Å². The highest BCUT2D eigenvalue weighted by Crippen LogP contribution is 2.28. The summed E-state index contributed by atoms with van der Waals surface area (Å²) in [5.41, 5.74) is -0.238. The van der Waals surface area contributed by atoms with Gasteiger partial charge in [-0.15, -0.1) is 0 Å². The highest BCUT2D eigenvalue weighted by molar-refractivity contribution is 7.08. The van der Waals surface area contributed by atoms with Crippen LogP contribution in [0.4, 0.5) is 0 Å². The molecule has 0 unspecified atom stereocenters. The number of hydrogen-bond acceptors (Lipinski definition) is 6. The van der Waals surface area contributed by atoms with Gasteiger partial charge >= 0.3 is 5.97 Å². The molecule has 0 bridgehead atoms. The van der Waals surface area contributed by atoms with Gasteiger partial charge in [-0.2, -0.15) is 16.3 Å². The van der Waals surface area contributed by atoms with Crippen molar-refractivity contribution in [2.45, 2.75) is 50.5 Å². The number of nitrogens with one attached hydrogen (secondary N) is 1. The molecule has 1 fully saturated rings. The number of thiophene rings is 1. The van der Waals surface area contributed by atoms with E-state index in [1.54, 1.807) is 11.3 Å². The molecule has 0 saturated heterocycles. The molecule has 0 spiro atoms. The van der Waals surface area contributed by atoms with Crippen LogP contribution in [0.3, 0.4) is 0 Å². The summed E-state index contributed by atoms with van der Waals surface area (Å²) in [6.07, 6.45) is 4.03. The first kappa shape index (κ1) is 16.6. The minimum atomic E-state index is -1.12. The van der Waals surface area contributed by atoms with Crippen molar-refractivity contribution in [1.29, 1.82) is 0 Å². The van der Waals surface area contributed by atoms with Crippen molar-refractivity contribution in [1.82, 2.24) is 15.5 Å². The average Bonchev–Trinajstić information content (AvgIpc) is 3.25. The second-order valence-electron chi connectivity index (χ2n) is 6.02. The van der Waals surface area contributed by atoms with Gasteiger partial charge in [-0.05, 0) is 24.3 Å². The molecule has 0 radical (unpaired) electrons. The van der Waals surface area contributed by atoms with Gasteiger partial charge < -0.3 is 14.9 Å². The van der Waals surface area contributed by atoms with Gasteiger partial charge in [-0.25, -0.2) is 4.79 Å². The van der Waals surface area contributed by atoms with Gasteiger partial charge in [-0.3, -0.25) is 4.79 Å². The van der Waals surface area contributed by atoms with E-state index in [0.717, 1.165) is 24.8 Å². The number of carboxylic acid groups (broad SMARTS) is 1. The summed E-state index contributed by atoms with van der Waals surface area (Å²) < 4.78 is 5.15. The smallest absolute Gasteiger partial charge is 0.329 e. The second-order valence-corrected chi connectivity index (χ2v) is 6.80. The van der Waals surface area contributed by atoms with Crippen molar-refractivity contribution in [2.75, 3.05) is 0 Å². The average molecular weight is 349 g/mol. The van der Waals surface area contributed by atoms with Crippen LogP contribution in [0, 0.1) is 0 Å². The number of carbonyl (C=O) groups is 2. The Morgan fingerprint density at radius 1 is 1.33 bits per heavy atom. The number of hydrogen-bond donors (Lipinski definition) is 2. The molecule has 8 heteroatoms. The molecule has 1 aliphatic rings. The van der Waals surface area contributed by atoms with Crippen molar-refractivity contribution in [3.8, 4) is 11.4 Å². The quantitative estimate of drug-likeness (QED) is 0.830. The van der Waals surface area contributed by atoms with E-state index < -0.39 is 11.5 Å². The molecule has 3 rings (SSSR count). The Hall–Kier alpha value is -2.22. The first-order chi connectivity index (χ1) is 11.6. The predicted octanol–water partition coefficient (Wildman–Crippen LogP) is 2.63. The molecule has 24 heavy (non-hydrogen) atoms. The Morgan fingerprint density at radius 3 is 2.79 bits per heavy atom. The zero-order valence-corrected chi connectivity index (χ0v) is 14.0. The number of rotatable bonds is 6. The fraction of sp³-hybridized carbons (Fsp3) is 0.500. The van der Waals surface area contributed by atoms with E-state index in [4.69, 9.17) is 4.52 Å². The van der Waals surface area contributed by atoms with E-state index in [-0.39, 0.29) is 12.3 Å². The lowest BCUT2D eigenvalue weighted by Gasteiger charge is -2.33. The summed E-state index contributed by atoms with van der Waals surface area (Å²) in [6.45, 7) is 0. The molecule has 2 heterocycles.